The van der Waals surface area contributed by atoms with E-state index in [9.17, 15) is 0 Å². The van der Waals surface area contributed by atoms with Gasteiger partial charge < -0.3 is 4.90 Å². The van der Waals surface area contributed by atoms with Gasteiger partial charge in [-0.1, -0.05) is 29.3 Å². The predicted octanol–water partition coefficient (Wildman–Crippen LogP) is 3.75. The molecule has 72 valence electrons. The van der Waals surface area contributed by atoms with Crippen molar-refractivity contribution in [1.29, 1.82) is 0 Å². The minimum Gasteiger partial charge on any atom is -0.356 e. The average Bonchev–Trinajstić information content (AvgIpc) is 2.04. The van der Waals surface area contributed by atoms with E-state index in [1.54, 1.807) is 0 Å². The van der Waals surface area contributed by atoms with E-state index in [0.717, 1.165) is 17.3 Å². The van der Waals surface area contributed by atoms with E-state index in [-0.39, 0.29) is 5.50 Å². The van der Waals surface area contributed by atoms with Crippen LogP contribution >= 0.6 is 23.2 Å². The van der Waals surface area contributed by atoms with E-state index < -0.39 is 0 Å². The number of rotatable bonds is 3. The van der Waals surface area contributed by atoms with Crippen LogP contribution in [-0.2, 0) is 0 Å². The summed E-state index contributed by atoms with van der Waals surface area (Å²) in [5.74, 6) is 0. The highest BCUT2D eigenvalue weighted by Crippen LogP contribution is 2.22. The number of halogens is 2. The van der Waals surface area contributed by atoms with Gasteiger partial charge >= 0.3 is 0 Å². The summed E-state index contributed by atoms with van der Waals surface area (Å²) in [5, 5.41) is 0.744. The Bertz CT molecular complexity index is 273. The van der Waals surface area contributed by atoms with Crippen molar-refractivity contribution in [3.05, 3.63) is 29.3 Å². The molecule has 0 bridgehead atoms. The zero-order valence-corrected chi connectivity index (χ0v) is 9.31. The highest BCUT2D eigenvalue weighted by molar-refractivity contribution is 6.30. The molecule has 0 saturated carbocycles. The van der Waals surface area contributed by atoms with Gasteiger partial charge in [0.15, 0.2) is 0 Å². The Morgan fingerprint density at radius 3 is 2.62 bits per heavy atom. The van der Waals surface area contributed by atoms with Crippen molar-refractivity contribution in [2.75, 3.05) is 11.4 Å². The summed E-state index contributed by atoms with van der Waals surface area (Å²) in [6.07, 6.45) is 0. The predicted molar refractivity (Wildman–Crippen MR) is 59.8 cm³/mol. The molecule has 1 aromatic carbocycles. The minimum absolute atomic E-state index is 0.0107. The van der Waals surface area contributed by atoms with Crippen LogP contribution in [-0.4, -0.2) is 12.0 Å². The molecule has 0 aliphatic carbocycles. The van der Waals surface area contributed by atoms with Crippen LogP contribution in [0.15, 0.2) is 24.3 Å². The van der Waals surface area contributed by atoms with Crippen molar-refractivity contribution in [2.24, 2.45) is 0 Å². The van der Waals surface area contributed by atoms with Gasteiger partial charge in [0.2, 0.25) is 0 Å². The number of hydrogen-bond donors (Lipinski definition) is 0. The summed E-state index contributed by atoms with van der Waals surface area (Å²) < 4.78 is 0. The molecule has 0 aliphatic heterocycles. The molecule has 0 saturated heterocycles. The molecular formula is C10H13Cl2N. The Hall–Kier alpha value is -0.400. The normalized spacial score (nSPS) is 12.6. The number of alkyl halides is 1. The van der Waals surface area contributed by atoms with E-state index in [1.807, 2.05) is 31.2 Å². The maximum absolute atomic E-state index is 6.01. The van der Waals surface area contributed by atoms with Gasteiger partial charge in [-0.15, -0.1) is 0 Å². The number of nitrogens with zero attached hydrogens (tertiary/aromatic N) is 1. The summed E-state index contributed by atoms with van der Waals surface area (Å²) >= 11 is 11.9. The van der Waals surface area contributed by atoms with Crippen molar-refractivity contribution in [3.8, 4) is 0 Å². The zero-order valence-electron chi connectivity index (χ0n) is 7.80. The van der Waals surface area contributed by atoms with Gasteiger partial charge in [0.05, 0.1) is 0 Å². The highest BCUT2D eigenvalue weighted by atomic mass is 35.5. The molecule has 0 aliphatic rings. The second-order valence-corrected chi connectivity index (χ2v) is 3.91. The van der Waals surface area contributed by atoms with Crippen LogP contribution < -0.4 is 4.90 Å². The Morgan fingerprint density at radius 2 is 2.15 bits per heavy atom. The van der Waals surface area contributed by atoms with E-state index in [2.05, 4.69) is 11.8 Å². The molecule has 1 rings (SSSR count). The molecule has 0 heterocycles. The maximum Gasteiger partial charge on any atom is 0.101 e. The largest absolute Gasteiger partial charge is 0.356 e. The van der Waals surface area contributed by atoms with Gasteiger partial charge in [-0.25, -0.2) is 0 Å². The fraction of sp³-hybridized carbons (Fsp3) is 0.400. The summed E-state index contributed by atoms with van der Waals surface area (Å²) in [6.45, 7) is 4.90. The first kappa shape index (κ1) is 10.7. The number of benzene rings is 1. The zero-order chi connectivity index (χ0) is 9.84. The molecule has 1 atom stereocenters. The smallest absolute Gasteiger partial charge is 0.101 e. The van der Waals surface area contributed by atoms with Gasteiger partial charge in [0.1, 0.15) is 5.50 Å². The van der Waals surface area contributed by atoms with Crippen molar-refractivity contribution >= 4 is 28.9 Å². The monoisotopic (exact) mass is 217 g/mol. The second-order valence-electron chi connectivity index (χ2n) is 2.84. The lowest BCUT2D eigenvalue weighted by Crippen LogP contribution is -2.28. The lowest BCUT2D eigenvalue weighted by atomic mass is 10.3. The van der Waals surface area contributed by atoms with Gasteiger partial charge in [-0.2, -0.15) is 0 Å². The first-order valence-electron chi connectivity index (χ1n) is 4.31. The van der Waals surface area contributed by atoms with Crippen molar-refractivity contribution < 1.29 is 0 Å². The molecule has 0 N–H and O–H groups in total. The third-order valence-corrected chi connectivity index (χ3v) is 2.38. The third-order valence-electron chi connectivity index (χ3n) is 1.91. The topological polar surface area (TPSA) is 3.24 Å². The maximum atomic E-state index is 6.01. The Labute approximate surface area is 89.3 Å². The molecule has 0 amide bonds. The number of hydrogen-bond acceptors (Lipinski definition) is 1. The summed E-state index contributed by atoms with van der Waals surface area (Å²) in [4.78, 5) is 2.08. The summed E-state index contributed by atoms with van der Waals surface area (Å²) in [7, 11) is 0. The molecule has 13 heavy (non-hydrogen) atoms. The molecule has 0 radical (unpaired) electrons. The molecule has 1 nitrogen and oxygen atoms in total. The SMILES string of the molecule is CCN(c1cccc(Cl)c1)C(C)Cl. The van der Waals surface area contributed by atoms with E-state index >= 15 is 0 Å². The summed E-state index contributed by atoms with van der Waals surface area (Å²) in [6, 6.07) is 7.72. The van der Waals surface area contributed by atoms with E-state index in [4.69, 9.17) is 23.2 Å². The molecular weight excluding hydrogens is 205 g/mol. The van der Waals surface area contributed by atoms with Crippen LogP contribution in [0.1, 0.15) is 13.8 Å². The van der Waals surface area contributed by atoms with Gasteiger partial charge in [0, 0.05) is 17.3 Å². The fourth-order valence-electron chi connectivity index (χ4n) is 1.29. The Balaban J connectivity index is 2.91. The molecule has 0 fully saturated rings. The molecule has 0 aromatic heterocycles. The Morgan fingerprint density at radius 1 is 1.46 bits per heavy atom. The van der Waals surface area contributed by atoms with Gasteiger partial charge in [-0.05, 0) is 32.0 Å². The van der Waals surface area contributed by atoms with Gasteiger partial charge in [-0.3, -0.25) is 0 Å². The van der Waals surface area contributed by atoms with Crippen molar-refractivity contribution in [1.82, 2.24) is 0 Å². The third kappa shape index (κ3) is 2.78. The minimum atomic E-state index is -0.0107. The van der Waals surface area contributed by atoms with E-state index in [0.29, 0.717) is 0 Å². The van der Waals surface area contributed by atoms with Crippen molar-refractivity contribution in [3.63, 3.8) is 0 Å². The lowest BCUT2D eigenvalue weighted by molar-refractivity contribution is 0.814. The molecule has 1 aromatic rings. The molecule has 3 heteroatoms. The van der Waals surface area contributed by atoms with Crippen LogP contribution in [0.3, 0.4) is 0 Å². The average molecular weight is 218 g/mol. The van der Waals surface area contributed by atoms with Crippen LogP contribution in [0.2, 0.25) is 5.02 Å². The standard InChI is InChI=1S/C10H13Cl2N/c1-3-13(8(2)11)10-6-4-5-9(12)7-10/h4-8H,3H2,1-2H3. The Kier molecular flexibility index (Phi) is 3.89. The van der Waals surface area contributed by atoms with Crippen LogP contribution in [0.5, 0.6) is 0 Å². The lowest BCUT2D eigenvalue weighted by Gasteiger charge is -2.25. The first-order chi connectivity index (χ1) is 6.15. The van der Waals surface area contributed by atoms with Gasteiger partial charge in [0.25, 0.3) is 0 Å². The van der Waals surface area contributed by atoms with Crippen LogP contribution in [0.4, 0.5) is 5.69 Å². The fourth-order valence-corrected chi connectivity index (χ4v) is 1.73. The molecule has 1 unspecified atom stereocenters. The second kappa shape index (κ2) is 4.73. The number of anilines is 1. The van der Waals surface area contributed by atoms with Crippen LogP contribution in [0.25, 0.3) is 0 Å². The van der Waals surface area contributed by atoms with Crippen molar-refractivity contribution in [2.45, 2.75) is 19.3 Å². The first-order valence-corrected chi connectivity index (χ1v) is 5.13. The quantitative estimate of drug-likeness (QED) is 0.551. The van der Waals surface area contributed by atoms with E-state index in [1.165, 1.54) is 0 Å². The summed E-state index contributed by atoms with van der Waals surface area (Å²) in [5.41, 5.74) is 1.06. The molecule has 0 spiro atoms. The highest BCUT2D eigenvalue weighted by Gasteiger charge is 2.09. The van der Waals surface area contributed by atoms with Crippen LogP contribution in [0, 0.1) is 0 Å².